The summed E-state index contributed by atoms with van der Waals surface area (Å²) in [4.78, 5) is 6.85. The van der Waals surface area contributed by atoms with Crippen LogP contribution in [0.4, 0.5) is 0 Å². The van der Waals surface area contributed by atoms with E-state index in [1.54, 1.807) is 0 Å². The van der Waals surface area contributed by atoms with Crippen LogP contribution >= 0.6 is 24.0 Å². The van der Waals surface area contributed by atoms with Gasteiger partial charge < -0.3 is 20.3 Å². The van der Waals surface area contributed by atoms with E-state index in [1.165, 1.54) is 38.9 Å². The lowest BCUT2D eigenvalue weighted by atomic mass is 10.1. The summed E-state index contributed by atoms with van der Waals surface area (Å²) in [7, 11) is 1.82. The number of hydrogen-bond acceptors (Lipinski definition) is 3. The maximum Gasteiger partial charge on any atom is 0.191 e. The molecule has 6 heteroatoms. The normalized spacial score (nSPS) is 16.3. The highest BCUT2D eigenvalue weighted by Crippen LogP contribution is 2.10. The lowest BCUT2D eigenvalue weighted by Crippen LogP contribution is -2.49. The molecule has 1 aliphatic heterocycles. The van der Waals surface area contributed by atoms with Crippen LogP contribution in [0.15, 0.2) is 35.3 Å². The number of para-hydroxylation sites is 1. The molecular weight excluding hydrogens is 415 g/mol. The predicted molar refractivity (Wildman–Crippen MR) is 112 cm³/mol. The minimum absolute atomic E-state index is 0. The first-order valence-corrected chi connectivity index (χ1v) is 8.69. The molecule has 136 valence electrons. The van der Waals surface area contributed by atoms with E-state index in [-0.39, 0.29) is 24.0 Å². The summed E-state index contributed by atoms with van der Waals surface area (Å²) in [6.45, 7) is 7.19. The van der Waals surface area contributed by atoms with Crippen molar-refractivity contribution in [1.29, 1.82) is 0 Å². The Labute approximate surface area is 163 Å². The number of likely N-dealkylation sites (tertiary alicyclic amines) is 1. The van der Waals surface area contributed by atoms with Crippen molar-refractivity contribution < 1.29 is 4.74 Å². The first kappa shape index (κ1) is 21.0. The Hall–Kier alpha value is -1.02. The number of ether oxygens (including phenoxy) is 1. The van der Waals surface area contributed by atoms with E-state index < -0.39 is 0 Å². The van der Waals surface area contributed by atoms with Gasteiger partial charge in [-0.25, -0.2) is 0 Å². The van der Waals surface area contributed by atoms with E-state index in [9.17, 15) is 0 Å². The number of halogens is 1. The van der Waals surface area contributed by atoms with Crippen molar-refractivity contribution in [3.63, 3.8) is 0 Å². The van der Waals surface area contributed by atoms with Crippen LogP contribution < -0.4 is 15.4 Å². The summed E-state index contributed by atoms with van der Waals surface area (Å²) in [6.07, 6.45) is 3.60. The highest BCUT2D eigenvalue weighted by atomic mass is 127. The van der Waals surface area contributed by atoms with Crippen LogP contribution in [0.3, 0.4) is 0 Å². The van der Waals surface area contributed by atoms with E-state index >= 15 is 0 Å². The molecule has 0 aromatic heterocycles. The molecule has 1 saturated heterocycles. The number of rotatable bonds is 7. The molecule has 2 rings (SSSR count). The molecule has 2 N–H and O–H groups in total. The SMILES string of the molecule is CCCN1CCC(NC(=NC)NCCOc2ccccc2)CC1.I. The lowest BCUT2D eigenvalue weighted by molar-refractivity contribution is 0.206. The third-order valence-corrected chi connectivity index (χ3v) is 4.10. The Morgan fingerprint density at radius 2 is 1.96 bits per heavy atom. The number of nitrogens with one attached hydrogen (secondary N) is 2. The Kier molecular flexibility index (Phi) is 10.8. The molecule has 1 aromatic rings. The molecule has 0 saturated carbocycles. The third kappa shape index (κ3) is 7.70. The van der Waals surface area contributed by atoms with Crippen LogP contribution in [0.5, 0.6) is 5.75 Å². The summed E-state index contributed by atoms with van der Waals surface area (Å²) in [5, 5.41) is 6.85. The fraction of sp³-hybridized carbons (Fsp3) is 0.611. The van der Waals surface area contributed by atoms with Gasteiger partial charge in [0.15, 0.2) is 5.96 Å². The van der Waals surface area contributed by atoms with Gasteiger partial charge in [-0.15, -0.1) is 24.0 Å². The zero-order valence-electron chi connectivity index (χ0n) is 14.8. The van der Waals surface area contributed by atoms with Crippen LogP contribution in [0.25, 0.3) is 0 Å². The van der Waals surface area contributed by atoms with Crippen LogP contribution in [0.2, 0.25) is 0 Å². The summed E-state index contributed by atoms with van der Waals surface area (Å²) in [5.41, 5.74) is 0. The molecule has 0 unspecified atom stereocenters. The van der Waals surface area contributed by atoms with Crippen molar-refractivity contribution in [2.24, 2.45) is 4.99 Å². The second-order valence-electron chi connectivity index (χ2n) is 5.92. The highest BCUT2D eigenvalue weighted by molar-refractivity contribution is 14.0. The van der Waals surface area contributed by atoms with Crippen LogP contribution in [-0.4, -0.2) is 56.7 Å². The maximum atomic E-state index is 5.68. The summed E-state index contributed by atoms with van der Waals surface area (Å²) in [6, 6.07) is 10.4. The average molecular weight is 446 g/mol. The maximum absolute atomic E-state index is 5.68. The standard InChI is InChI=1S/C18H30N4O.HI/c1-3-12-22-13-9-16(10-14-22)21-18(19-2)20-11-15-23-17-7-5-4-6-8-17;/h4-8,16H,3,9-15H2,1-2H3,(H2,19,20,21);1H. The quantitative estimate of drug-likeness (QED) is 0.293. The van der Waals surface area contributed by atoms with Gasteiger partial charge in [0.2, 0.25) is 0 Å². The fourth-order valence-corrected chi connectivity index (χ4v) is 2.86. The first-order valence-electron chi connectivity index (χ1n) is 8.69. The molecule has 0 aliphatic carbocycles. The van der Waals surface area contributed by atoms with Gasteiger partial charge in [-0.1, -0.05) is 25.1 Å². The second kappa shape index (κ2) is 12.4. The number of benzene rings is 1. The van der Waals surface area contributed by atoms with Gasteiger partial charge in [-0.3, -0.25) is 4.99 Å². The van der Waals surface area contributed by atoms with Crippen molar-refractivity contribution in [1.82, 2.24) is 15.5 Å². The lowest BCUT2D eigenvalue weighted by Gasteiger charge is -2.32. The molecule has 5 nitrogen and oxygen atoms in total. The molecule has 24 heavy (non-hydrogen) atoms. The van der Waals surface area contributed by atoms with Gasteiger partial charge in [0, 0.05) is 26.2 Å². The van der Waals surface area contributed by atoms with Crippen molar-refractivity contribution in [2.75, 3.05) is 39.8 Å². The van der Waals surface area contributed by atoms with Gasteiger partial charge >= 0.3 is 0 Å². The van der Waals surface area contributed by atoms with Crippen molar-refractivity contribution in [3.05, 3.63) is 30.3 Å². The van der Waals surface area contributed by atoms with E-state index in [1.807, 2.05) is 37.4 Å². The number of aliphatic imine (C=N–C) groups is 1. The predicted octanol–water partition coefficient (Wildman–Crippen LogP) is 2.72. The summed E-state index contributed by atoms with van der Waals surface area (Å²) >= 11 is 0. The van der Waals surface area contributed by atoms with E-state index in [2.05, 4.69) is 27.4 Å². The molecule has 0 bridgehead atoms. The van der Waals surface area contributed by atoms with Gasteiger partial charge in [-0.2, -0.15) is 0 Å². The molecule has 0 radical (unpaired) electrons. The highest BCUT2D eigenvalue weighted by Gasteiger charge is 2.19. The minimum Gasteiger partial charge on any atom is -0.492 e. The van der Waals surface area contributed by atoms with Crippen LogP contribution in [0, 0.1) is 0 Å². The van der Waals surface area contributed by atoms with E-state index in [0.717, 1.165) is 18.3 Å². The third-order valence-electron chi connectivity index (χ3n) is 4.10. The molecule has 1 fully saturated rings. The Morgan fingerprint density at radius 1 is 1.25 bits per heavy atom. The molecule has 1 heterocycles. The van der Waals surface area contributed by atoms with Crippen molar-refractivity contribution in [2.45, 2.75) is 32.2 Å². The molecule has 1 aliphatic rings. The number of piperidine rings is 1. The van der Waals surface area contributed by atoms with Gasteiger partial charge in [-0.05, 0) is 37.9 Å². The van der Waals surface area contributed by atoms with Crippen LogP contribution in [-0.2, 0) is 0 Å². The molecule has 0 atom stereocenters. The Bertz CT molecular complexity index is 461. The Balaban J connectivity index is 0.00000288. The zero-order valence-corrected chi connectivity index (χ0v) is 17.2. The molecule has 0 amide bonds. The summed E-state index contributed by atoms with van der Waals surface area (Å²) < 4.78 is 5.68. The van der Waals surface area contributed by atoms with E-state index in [4.69, 9.17) is 4.74 Å². The fourth-order valence-electron chi connectivity index (χ4n) is 2.86. The Morgan fingerprint density at radius 3 is 2.58 bits per heavy atom. The first-order chi connectivity index (χ1) is 11.3. The zero-order chi connectivity index (χ0) is 16.3. The smallest absolute Gasteiger partial charge is 0.191 e. The number of guanidine groups is 1. The average Bonchev–Trinajstić information content (AvgIpc) is 2.60. The topological polar surface area (TPSA) is 48.9 Å². The van der Waals surface area contributed by atoms with Crippen molar-refractivity contribution in [3.8, 4) is 5.75 Å². The van der Waals surface area contributed by atoms with Gasteiger partial charge in [0.1, 0.15) is 12.4 Å². The number of nitrogens with zero attached hydrogens (tertiary/aromatic N) is 2. The monoisotopic (exact) mass is 446 g/mol. The summed E-state index contributed by atoms with van der Waals surface area (Å²) in [5.74, 6) is 1.77. The minimum atomic E-state index is 0. The number of hydrogen-bond donors (Lipinski definition) is 2. The van der Waals surface area contributed by atoms with E-state index in [0.29, 0.717) is 12.6 Å². The molecular formula is C18H31IN4O. The second-order valence-corrected chi connectivity index (χ2v) is 5.92. The largest absolute Gasteiger partial charge is 0.492 e. The molecule has 0 spiro atoms. The molecule has 1 aromatic carbocycles. The van der Waals surface area contributed by atoms with Gasteiger partial charge in [0.05, 0.1) is 6.54 Å². The van der Waals surface area contributed by atoms with Crippen LogP contribution in [0.1, 0.15) is 26.2 Å². The van der Waals surface area contributed by atoms with Crippen molar-refractivity contribution >= 4 is 29.9 Å². The van der Waals surface area contributed by atoms with Gasteiger partial charge in [0.25, 0.3) is 0 Å².